The quantitative estimate of drug-likeness (QED) is 0.710. The van der Waals surface area contributed by atoms with Gasteiger partial charge < -0.3 is 15.4 Å². The summed E-state index contributed by atoms with van der Waals surface area (Å²) in [5, 5.41) is 0.661. The number of carbonyl (C=O) groups excluding carboxylic acids is 1. The van der Waals surface area contributed by atoms with Gasteiger partial charge in [-0.25, -0.2) is 9.37 Å². The minimum atomic E-state index is -0.615. The van der Waals surface area contributed by atoms with Gasteiger partial charge in [0.2, 0.25) is 11.8 Å². The second-order valence-electron chi connectivity index (χ2n) is 6.34. The zero-order valence-corrected chi connectivity index (χ0v) is 15.9. The number of alkyl halides is 1. The molecule has 1 aliphatic heterocycles. The molecule has 1 saturated heterocycles. The molecule has 1 aliphatic rings. The highest BCUT2D eigenvalue weighted by molar-refractivity contribution is 7.99. The van der Waals surface area contributed by atoms with Gasteiger partial charge in [0.25, 0.3) is 5.91 Å². The van der Waals surface area contributed by atoms with E-state index in [-0.39, 0.29) is 24.3 Å². The van der Waals surface area contributed by atoms with Crippen LogP contribution in [-0.4, -0.2) is 52.2 Å². The lowest BCUT2D eigenvalue weighted by Gasteiger charge is -2.14. The normalized spacial score (nSPS) is 13.8. The fraction of sp³-hybridized carbons (Fsp3) is 0.250. The number of nitrogens with zero attached hydrogens (tertiary/aromatic N) is 3. The minimum Gasteiger partial charge on any atom is -0.474 e. The highest BCUT2D eigenvalue weighted by atomic mass is 32.2. The van der Waals surface area contributed by atoms with Gasteiger partial charge in [-0.1, -0.05) is 18.2 Å². The van der Waals surface area contributed by atoms with Gasteiger partial charge in [-0.2, -0.15) is 4.98 Å². The Balaban J connectivity index is 1.65. The van der Waals surface area contributed by atoms with Gasteiger partial charge in [0.15, 0.2) is 0 Å². The Labute approximate surface area is 165 Å². The SMILES string of the molecule is Nc1nc(OCCF)c2cc(-c3ccc(C(=O)N4CCSC4)cc3)ccc2n1. The van der Waals surface area contributed by atoms with Gasteiger partial charge in [-0.3, -0.25) is 4.79 Å². The van der Waals surface area contributed by atoms with E-state index < -0.39 is 6.67 Å². The summed E-state index contributed by atoms with van der Waals surface area (Å²) in [5.41, 5.74) is 8.88. The van der Waals surface area contributed by atoms with Crippen molar-refractivity contribution in [2.45, 2.75) is 0 Å². The van der Waals surface area contributed by atoms with Crippen LogP contribution in [0.2, 0.25) is 0 Å². The van der Waals surface area contributed by atoms with Crippen LogP contribution in [0.3, 0.4) is 0 Å². The van der Waals surface area contributed by atoms with Gasteiger partial charge >= 0.3 is 0 Å². The third-order valence-corrected chi connectivity index (χ3v) is 5.46. The molecule has 144 valence electrons. The summed E-state index contributed by atoms with van der Waals surface area (Å²) in [6.07, 6.45) is 0. The number of thioether (sulfide) groups is 1. The lowest BCUT2D eigenvalue weighted by molar-refractivity contribution is 0.0803. The van der Waals surface area contributed by atoms with E-state index in [0.717, 1.165) is 29.3 Å². The molecule has 4 rings (SSSR count). The molecular formula is C20H19FN4O2S. The maximum atomic E-state index is 12.5. The van der Waals surface area contributed by atoms with Crippen molar-refractivity contribution >= 4 is 34.5 Å². The Morgan fingerprint density at radius 3 is 2.68 bits per heavy atom. The maximum absolute atomic E-state index is 12.5. The highest BCUT2D eigenvalue weighted by Gasteiger charge is 2.19. The lowest BCUT2D eigenvalue weighted by Crippen LogP contribution is -2.27. The van der Waals surface area contributed by atoms with Gasteiger partial charge in [0, 0.05) is 17.9 Å². The highest BCUT2D eigenvalue weighted by Crippen LogP contribution is 2.29. The lowest BCUT2D eigenvalue weighted by atomic mass is 10.0. The van der Waals surface area contributed by atoms with Gasteiger partial charge in [-0.15, -0.1) is 11.8 Å². The van der Waals surface area contributed by atoms with Gasteiger partial charge in [-0.05, 0) is 35.4 Å². The molecule has 2 N–H and O–H groups in total. The number of fused-ring (bicyclic) bond motifs is 1. The van der Waals surface area contributed by atoms with Crippen molar-refractivity contribution in [3.05, 3.63) is 48.0 Å². The average Bonchev–Trinajstić information content (AvgIpc) is 3.26. The van der Waals surface area contributed by atoms with Crippen LogP contribution < -0.4 is 10.5 Å². The smallest absolute Gasteiger partial charge is 0.254 e. The van der Waals surface area contributed by atoms with E-state index in [1.165, 1.54) is 0 Å². The van der Waals surface area contributed by atoms with Crippen LogP contribution in [0.15, 0.2) is 42.5 Å². The molecule has 8 heteroatoms. The fourth-order valence-corrected chi connectivity index (χ4v) is 4.05. The molecule has 0 radical (unpaired) electrons. The van der Waals surface area contributed by atoms with Crippen molar-refractivity contribution in [1.29, 1.82) is 0 Å². The van der Waals surface area contributed by atoms with Crippen LogP contribution in [0.5, 0.6) is 5.88 Å². The number of nitrogen functional groups attached to an aromatic ring is 1. The third-order valence-electron chi connectivity index (χ3n) is 4.50. The minimum absolute atomic E-state index is 0.0563. The molecular weight excluding hydrogens is 379 g/mol. The number of hydrogen-bond donors (Lipinski definition) is 1. The largest absolute Gasteiger partial charge is 0.474 e. The Bertz CT molecular complexity index is 1010. The first-order valence-corrected chi connectivity index (χ1v) is 10.0. The third kappa shape index (κ3) is 3.73. The number of hydrogen-bond acceptors (Lipinski definition) is 6. The van der Waals surface area contributed by atoms with Gasteiger partial charge in [0.05, 0.1) is 16.8 Å². The number of ether oxygens (including phenoxy) is 1. The van der Waals surface area contributed by atoms with Crippen LogP contribution in [0.1, 0.15) is 10.4 Å². The molecule has 0 bridgehead atoms. The average molecular weight is 398 g/mol. The van der Waals surface area contributed by atoms with Crippen LogP contribution in [0, 0.1) is 0 Å². The predicted molar refractivity (Wildman–Crippen MR) is 109 cm³/mol. The summed E-state index contributed by atoms with van der Waals surface area (Å²) in [6, 6.07) is 13.1. The first-order chi connectivity index (χ1) is 13.7. The number of amides is 1. The number of anilines is 1. The number of rotatable bonds is 5. The van der Waals surface area contributed by atoms with Crippen molar-refractivity contribution in [2.75, 3.05) is 37.2 Å². The van der Waals surface area contributed by atoms with Crippen molar-refractivity contribution < 1.29 is 13.9 Å². The van der Waals surface area contributed by atoms with Crippen molar-refractivity contribution in [1.82, 2.24) is 14.9 Å². The number of nitrogens with two attached hydrogens (primary N) is 1. The summed E-state index contributed by atoms with van der Waals surface area (Å²) in [4.78, 5) is 22.6. The molecule has 28 heavy (non-hydrogen) atoms. The first kappa shape index (κ1) is 18.5. The summed E-state index contributed by atoms with van der Waals surface area (Å²) >= 11 is 1.76. The number of benzene rings is 2. The van der Waals surface area contributed by atoms with E-state index in [1.807, 2.05) is 47.4 Å². The molecule has 1 aromatic heterocycles. The van der Waals surface area contributed by atoms with Crippen molar-refractivity contribution in [2.24, 2.45) is 0 Å². The maximum Gasteiger partial charge on any atom is 0.254 e. The Kier molecular flexibility index (Phi) is 5.29. The topological polar surface area (TPSA) is 81.3 Å². The molecule has 2 heterocycles. The first-order valence-electron chi connectivity index (χ1n) is 8.89. The van der Waals surface area contributed by atoms with Crippen LogP contribution >= 0.6 is 11.8 Å². The van der Waals surface area contributed by atoms with E-state index in [9.17, 15) is 9.18 Å². The molecule has 0 saturated carbocycles. The summed E-state index contributed by atoms with van der Waals surface area (Å²) in [5.74, 6) is 2.13. The molecule has 0 spiro atoms. The second-order valence-corrected chi connectivity index (χ2v) is 7.41. The van der Waals surface area contributed by atoms with Crippen LogP contribution in [-0.2, 0) is 0 Å². The Morgan fingerprint density at radius 2 is 1.96 bits per heavy atom. The van der Waals surface area contributed by atoms with E-state index >= 15 is 0 Å². The second kappa shape index (κ2) is 8.02. The molecule has 3 aromatic rings. The van der Waals surface area contributed by atoms with Crippen molar-refractivity contribution in [3.63, 3.8) is 0 Å². The van der Waals surface area contributed by atoms with Crippen LogP contribution in [0.25, 0.3) is 22.0 Å². The summed E-state index contributed by atoms with van der Waals surface area (Å²) in [6.45, 7) is 0.0815. The van der Waals surface area contributed by atoms with Crippen LogP contribution in [0.4, 0.5) is 10.3 Å². The number of halogens is 1. The molecule has 1 amide bonds. The molecule has 0 aliphatic carbocycles. The number of aromatic nitrogens is 2. The fourth-order valence-electron chi connectivity index (χ4n) is 3.10. The monoisotopic (exact) mass is 398 g/mol. The zero-order valence-electron chi connectivity index (χ0n) is 15.1. The Morgan fingerprint density at radius 1 is 1.18 bits per heavy atom. The van der Waals surface area contributed by atoms with E-state index in [0.29, 0.717) is 16.5 Å². The number of carbonyl (C=O) groups is 1. The van der Waals surface area contributed by atoms with Crippen molar-refractivity contribution in [3.8, 4) is 17.0 Å². The summed E-state index contributed by atoms with van der Waals surface area (Å²) < 4.78 is 17.9. The predicted octanol–water partition coefficient (Wildman–Crippen LogP) is 3.37. The Hall–Kier alpha value is -2.87. The van der Waals surface area contributed by atoms with E-state index in [1.54, 1.807) is 11.8 Å². The molecule has 2 aromatic carbocycles. The molecule has 0 atom stereocenters. The van der Waals surface area contributed by atoms with Gasteiger partial charge in [0.1, 0.15) is 13.3 Å². The standard InChI is InChI=1S/C20H19FN4O2S/c21-7-9-27-18-16-11-15(5-6-17(16)23-20(22)24-18)13-1-3-14(4-2-13)19(26)25-8-10-28-12-25/h1-6,11H,7-10,12H2,(H2,22,23,24). The van der Waals surface area contributed by atoms with E-state index in [2.05, 4.69) is 9.97 Å². The zero-order chi connectivity index (χ0) is 19.5. The molecule has 0 unspecified atom stereocenters. The molecule has 6 nitrogen and oxygen atoms in total. The molecule has 1 fully saturated rings. The summed E-state index contributed by atoms with van der Waals surface area (Å²) in [7, 11) is 0. The van der Waals surface area contributed by atoms with E-state index in [4.69, 9.17) is 10.5 Å².